The average Bonchev–Trinajstić information content (AvgIpc) is 2.31. The number of carboxylic acids is 1. The van der Waals surface area contributed by atoms with Crippen LogP contribution in [0.1, 0.15) is 34.8 Å². The predicted molar refractivity (Wildman–Crippen MR) is 68.2 cm³/mol. The summed E-state index contributed by atoms with van der Waals surface area (Å²) in [7, 11) is 1.56. The fourth-order valence-electron chi connectivity index (χ4n) is 1.93. The van der Waals surface area contributed by atoms with E-state index in [9.17, 15) is 9.59 Å². The molecule has 0 saturated heterocycles. The molecular weight excluding hydrogens is 232 g/mol. The van der Waals surface area contributed by atoms with Gasteiger partial charge in [-0.2, -0.15) is 0 Å². The molecule has 0 spiro atoms. The molecule has 0 aliphatic carbocycles. The van der Waals surface area contributed by atoms with Crippen LogP contribution in [0.3, 0.4) is 0 Å². The third kappa shape index (κ3) is 2.70. The van der Waals surface area contributed by atoms with Crippen LogP contribution in [0, 0.1) is 19.8 Å². The number of carbonyl (C=O) groups excluding carboxylic acids is 1. The van der Waals surface area contributed by atoms with E-state index in [1.54, 1.807) is 33.1 Å². The number of carboxylic acid groups (broad SMARTS) is 1. The fraction of sp³-hybridized carbons (Fsp3) is 0.429. The van der Waals surface area contributed by atoms with Crippen molar-refractivity contribution < 1.29 is 19.4 Å². The summed E-state index contributed by atoms with van der Waals surface area (Å²) in [4.78, 5) is 23.2. The molecule has 0 bridgehead atoms. The zero-order valence-corrected chi connectivity index (χ0v) is 11.1. The Bertz CT molecular complexity index is 477. The molecule has 1 aromatic rings. The first kappa shape index (κ1) is 14.2. The van der Waals surface area contributed by atoms with Crippen molar-refractivity contribution in [2.45, 2.75) is 27.2 Å². The fourth-order valence-corrected chi connectivity index (χ4v) is 1.93. The minimum atomic E-state index is -1.07. The van der Waals surface area contributed by atoms with E-state index in [0.717, 1.165) is 11.1 Å². The van der Waals surface area contributed by atoms with Gasteiger partial charge in [-0.15, -0.1) is 0 Å². The third-order valence-corrected chi connectivity index (χ3v) is 3.03. The monoisotopic (exact) mass is 250 g/mol. The largest absolute Gasteiger partial charge is 0.496 e. The van der Waals surface area contributed by atoms with Crippen molar-refractivity contribution in [3.05, 3.63) is 28.8 Å². The highest BCUT2D eigenvalue weighted by atomic mass is 16.5. The summed E-state index contributed by atoms with van der Waals surface area (Å²) in [5.41, 5.74) is 2.02. The molecule has 0 aromatic heterocycles. The minimum absolute atomic E-state index is 0.290. The van der Waals surface area contributed by atoms with Gasteiger partial charge in [-0.1, -0.05) is 6.92 Å². The zero-order chi connectivity index (χ0) is 13.9. The molecule has 0 aliphatic heterocycles. The molecule has 4 heteroatoms. The van der Waals surface area contributed by atoms with E-state index < -0.39 is 11.9 Å². The Kier molecular flexibility index (Phi) is 4.48. The number of benzene rings is 1. The first-order valence-corrected chi connectivity index (χ1v) is 5.84. The second-order valence-corrected chi connectivity index (χ2v) is 4.30. The Hall–Kier alpha value is -1.84. The highest BCUT2D eigenvalue weighted by Gasteiger charge is 2.26. The van der Waals surface area contributed by atoms with Crippen LogP contribution in [0.25, 0.3) is 0 Å². The van der Waals surface area contributed by atoms with Crippen molar-refractivity contribution in [3.63, 3.8) is 0 Å². The number of ketones is 1. The molecule has 1 N–H and O–H groups in total. The van der Waals surface area contributed by atoms with Crippen molar-refractivity contribution in [2.75, 3.05) is 7.11 Å². The van der Waals surface area contributed by atoms with Gasteiger partial charge in [0.05, 0.1) is 7.11 Å². The molecule has 0 fully saturated rings. The molecule has 1 atom stereocenters. The highest BCUT2D eigenvalue weighted by Crippen LogP contribution is 2.25. The van der Waals surface area contributed by atoms with E-state index >= 15 is 0 Å². The summed E-state index contributed by atoms with van der Waals surface area (Å²) in [6.07, 6.45) is 0.290. The maximum atomic E-state index is 12.2. The lowest BCUT2D eigenvalue weighted by Crippen LogP contribution is -2.24. The quantitative estimate of drug-likeness (QED) is 0.644. The van der Waals surface area contributed by atoms with Crippen LogP contribution in [0.15, 0.2) is 12.1 Å². The van der Waals surface area contributed by atoms with E-state index in [-0.39, 0.29) is 5.78 Å². The van der Waals surface area contributed by atoms with E-state index in [0.29, 0.717) is 17.7 Å². The molecule has 0 saturated carbocycles. The molecular formula is C14H18O4. The molecule has 0 amide bonds. The number of hydrogen-bond acceptors (Lipinski definition) is 3. The van der Waals surface area contributed by atoms with Crippen LogP contribution < -0.4 is 4.74 Å². The van der Waals surface area contributed by atoms with E-state index in [1.165, 1.54) is 0 Å². The van der Waals surface area contributed by atoms with Gasteiger partial charge in [0.1, 0.15) is 11.7 Å². The average molecular weight is 250 g/mol. The molecule has 18 heavy (non-hydrogen) atoms. The van der Waals surface area contributed by atoms with Gasteiger partial charge in [0.2, 0.25) is 0 Å². The van der Waals surface area contributed by atoms with Crippen LogP contribution in [0.2, 0.25) is 0 Å². The van der Waals surface area contributed by atoms with Gasteiger partial charge < -0.3 is 9.84 Å². The van der Waals surface area contributed by atoms with Gasteiger partial charge in [0.25, 0.3) is 0 Å². The lowest BCUT2D eigenvalue weighted by Gasteiger charge is -2.13. The van der Waals surface area contributed by atoms with Crippen LogP contribution in [0.5, 0.6) is 5.75 Å². The standard InChI is InChI=1S/C14H18O4/c1-5-10(14(16)17)13(15)11-6-9(3)12(18-4)7-8(11)2/h6-7,10H,5H2,1-4H3,(H,16,17). The minimum Gasteiger partial charge on any atom is -0.496 e. The first-order valence-electron chi connectivity index (χ1n) is 5.84. The van der Waals surface area contributed by atoms with Gasteiger partial charge in [0.15, 0.2) is 5.78 Å². The molecule has 1 unspecified atom stereocenters. The van der Waals surface area contributed by atoms with Crippen LogP contribution in [0.4, 0.5) is 0 Å². The molecule has 1 aromatic carbocycles. The van der Waals surface area contributed by atoms with Gasteiger partial charge in [-0.3, -0.25) is 9.59 Å². The second-order valence-electron chi connectivity index (χ2n) is 4.30. The lowest BCUT2D eigenvalue weighted by molar-refractivity contribution is -0.140. The van der Waals surface area contributed by atoms with E-state index in [4.69, 9.17) is 9.84 Å². The maximum Gasteiger partial charge on any atom is 0.314 e. The molecule has 0 radical (unpaired) electrons. The lowest BCUT2D eigenvalue weighted by atomic mass is 9.91. The van der Waals surface area contributed by atoms with E-state index in [2.05, 4.69) is 0 Å². The SMILES string of the molecule is CCC(C(=O)O)C(=O)c1cc(C)c(OC)cc1C. The van der Waals surface area contributed by atoms with Crippen molar-refractivity contribution in [1.29, 1.82) is 0 Å². The number of rotatable bonds is 5. The van der Waals surface area contributed by atoms with Crippen LogP contribution in [-0.2, 0) is 4.79 Å². The Morgan fingerprint density at radius 3 is 2.33 bits per heavy atom. The third-order valence-electron chi connectivity index (χ3n) is 3.03. The Morgan fingerprint density at radius 2 is 1.89 bits per heavy atom. The van der Waals surface area contributed by atoms with Crippen molar-refractivity contribution in [2.24, 2.45) is 5.92 Å². The van der Waals surface area contributed by atoms with Gasteiger partial charge in [-0.25, -0.2) is 0 Å². The maximum absolute atomic E-state index is 12.2. The number of Topliss-reactive ketones (excluding diaryl/α,β-unsaturated/α-hetero) is 1. The summed E-state index contributed by atoms with van der Waals surface area (Å²) in [6.45, 7) is 5.31. The highest BCUT2D eigenvalue weighted by molar-refractivity contribution is 6.09. The Labute approximate surface area is 107 Å². The van der Waals surface area contributed by atoms with Gasteiger partial charge in [0, 0.05) is 5.56 Å². The summed E-state index contributed by atoms with van der Waals surface area (Å²) in [5.74, 6) is -1.69. The number of carbonyl (C=O) groups is 2. The van der Waals surface area contributed by atoms with Crippen molar-refractivity contribution in [3.8, 4) is 5.75 Å². The summed E-state index contributed by atoms with van der Waals surface area (Å²) >= 11 is 0. The first-order chi connectivity index (χ1) is 8.42. The van der Waals surface area contributed by atoms with Crippen LogP contribution in [-0.4, -0.2) is 24.0 Å². The zero-order valence-electron chi connectivity index (χ0n) is 11.1. The predicted octanol–water partition coefficient (Wildman–Crippen LogP) is 2.61. The van der Waals surface area contributed by atoms with Crippen molar-refractivity contribution >= 4 is 11.8 Å². The number of hydrogen-bond donors (Lipinski definition) is 1. The molecule has 98 valence electrons. The summed E-state index contributed by atoms with van der Waals surface area (Å²) in [5, 5.41) is 9.02. The number of ether oxygens (including phenoxy) is 1. The molecule has 0 heterocycles. The topological polar surface area (TPSA) is 63.6 Å². The normalized spacial score (nSPS) is 12.0. The smallest absolute Gasteiger partial charge is 0.314 e. The van der Waals surface area contributed by atoms with Crippen molar-refractivity contribution in [1.82, 2.24) is 0 Å². The molecule has 1 rings (SSSR count). The van der Waals surface area contributed by atoms with Crippen LogP contribution >= 0.6 is 0 Å². The van der Waals surface area contributed by atoms with E-state index in [1.807, 2.05) is 6.92 Å². The van der Waals surface area contributed by atoms with Gasteiger partial charge >= 0.3 is 5.97 Å². The van der Waals surface area contributed by atoms with Gasteiger partial charge in [-0.05, 0) is 43.5 Å². The summed E-state index contributed by atoms with van der Waals surface area (Å²) in [6, 6.07) is 3.46. The summed E-state index contributed by atoms with van der Waals surface area (Å²) < 4.78 is 5.17. The Balaban J connectivity index is 3.21. The number of aliphatic carboxylic acids is 1. The Morgan fingerprint density at radius 1 is 1.28 bits per heavy atom. The number of aryl methyl sites for hydroxylation is 2. The molecule has 0 aliphatic rings. The second kappa shape index (κ2) is 5.67. The molecule has 4 nitrogen and oxygen atoms in total. The number of methoxy groups -OCH3 is 1.